The lowest BCUT2D eigenvalue weighted by Gasteiger charge is -2.11. The maximum Gasteiger partial charge on any atom is 0.499 e. The van der Waals surface area contributed by atoms with Gasteiger partial charge in [0.25, 0.3) is 0 Å². The summed E-state index contributed by atoms with van der Waals surface area (Å²) >= 11 is 0. The largest absolute Gasteiger partial charge is 0.499 e. The molecule has 3 aromatic rings. The van der Waals surface area contributed by atoms with Crippen LogP contribution in [0.4, 0.5) is 12.9 Å². The molecule has 3 nitrogen and oxygen atoms in total. The molecule has 0 N–H and O–H groups in total. The zero-order valence-electron chi connectivity index (χ0n) is 10.4. The van der Waals surface area contributed by atoms with E-state index in [2.05, 4.69) is 10.3 Å². The lowest BCUT2D eigenvalue weighted by molar-refractivity contribution is 0.433. The third kappa shape index (κ3) is 2.52. The number of nitrogens with zero attached hydrogens (tertiary/aromatic N) is 3. The lowest BCUT2D eigenvalue weighted by Crippen LogP contribution is -2.24. The summed E-state index contributed by atoms with van der Waals surface area (Å²) in [5, 5.41) is 9.35. The van der Waals surface area contributed by atoms with Crippen molar-refractivity contribution in [3.05, 3.63) is 48.7 Å². The van der Waals surface area contributed by atoms with Crippen LogP contribution in [-0.4, -0.2) is 22.0 Å². The molecule has 0 fully saturated rings. The quantitative estimate of drug-likeness (QED) is 0.685. The predicted molar refractivity (Wildman–Crippen MR) is 72.0 cm³/mol. The van der Waals surface area contributed by atoms with Crippen molar-refractivity contribution in [2.75, 3.05) is 0 Å². The maximum absolute atomic E-state index is 12.4. The third-order valence-corrected chi connectivity index (χ3v) is 3.00. The molecule has 0 saturated carbocycles. The van der Waals surface area contributed by atoms with E-state index >= 15 is 0 Å². The van der Waals surface area contributed by atoms with Crippen molar-refractivity contribution in [2.24, 2.45) is 0 Å². The Bertz CT molecular complexity index is 746. The summed E-state index contributed by atoms with van der Waals surface area (Å²) in [5.74, 6) is 0. The first kappa shape index (κ1) is 12.7. The molecular weight excluding hydrogens is 266 g/mol. The first-order valence-corrected chi connectivity index (χ1v) is 6.12. The predicted octanol–water partition coefficient (Wildman–Crippen LogP) is 3.48. The average Bonchev–Trinajstić information content (AvgIpc) is 2.84. The fourth-order valence-electron chi connectivity index (χ4n) is 2.17. The number of aromatic nitrogens is 3. The molecule has 0 atom stereocenters. The van der Waals surface area contributed by atoms with Crippen LogP contribution < -0.4 is 0 Å². The van der Waals surface area contributed by atoms with Gasteiger partial charge in [-0.15, -0.1) is 5.10 Å². The van der Waals surface area contributed by atoms with Gasteiger partial charge >= 0.3 is 6.98 Å². The van der Waals surface area contributed by atoms with Crippen LogP contribution in [-0.2, 0) is 6.44 Å². The van der Waals surface area contributed by atoms with E-state index in [1.54, 1.807) is 0 Å². The highest BCUT2D eigenvalue weighted by Gasteiger charge is 2.24. The summed E-state index contributed by atoms with van der Waals surface area (Å²) in [5.41, 5.74) is 1.23. The van der Waals surface area contributed by atoms with Gasteiger partial charge in [0.1, 0.15) is 5.69 Å². The smallest absolute Gasteiger partial charge is 0.448 e. The van der Waals surface area contributed by atoms with Gasteiger partial charge in [-0.05, 0) is 10.8 Å². The number of rotatable bonds is 3. The van der Waals surface area contributed by atoms with Gasteiger partial charge in [0.15, 0.2) is 0 Å². The van der Waals surface area contributed by atoms with E-state index in [9.17, 15) is 12.9 Å². The monoisotopic (exact) mass is 276 g/mol. The summed E-state index contributed by atoms with van der Waals surface area (Å²) in [6.07, 6.45) is 0.259. The summed E-state index contributed by atoms with van der Waals surface area (Å²) < 4.78 is 38.0. The molecule has 0 bridgehead atoms. The summed E-state index contributed by atoms with van der Waals surface area (Å²) in [7, 11) is 0. The topological polar surface area (TPSA) is 30.7 Å². The number of fused-ring (bicyclic) bond motifs is 1. The maximum atomic E-state index is 12.4. The molecule has 1 heterocycles. The molecule has 20 heavy (non-hydrogen) atoms. The van der Waals surface area contributed by atoms with Crippen LogP contribution >= 0.6 is 0 Å². The summed E-state index contributed by atoms with van der Waals surface area (Å²) in [6.45, 7) is -4.92. The van der Waals surface area contributed by atoms with Crippen molar-refractivity contribution in [2.45, 2.75) is 6.44 Å². The Kier molecular flexibility index (Phi) is 2.96. The van der Waals surface area contributed by atoms with Gasteiger partial charge in [-0.3, -0.25) is 4.68 Å². The zero-order chi connectivity index (χ0) is 14.2. The van der Waals surface area contributed by atoms with Crippen molar-refractivity contribution in [1.82, 2.24) is 15.0 Å². The first-order valence-electron chi connectivity index (χ1n) is 6.12. The SMILES string of the molecule is F[B-](F)(F)Cn1cc(-c2cccc3ccccc23)nn1. The van der Waals surface area contributed by atoms with Crippen molar-refractivity contribution in [3.8, 4) is 11.3 Å². The highest BCUT2D eigenvalue weighted by Crippen LogP contribution is 2.27. The van der Waals surface area contributed by atoms with Crippen molar-refractivity contribution < 1.29 is 12.9 Å². The van der Waals surface area contributed by atoms with Crippen LogP contribution in [0.1, 0.15) is 0 Å². The summed E-state index contributed by atoms with van der Waals surface area (Å²) in [4.78, 5) is 0. The van der Waals surface area contributed by atoms with Gasteiger partial charge in [0.2, 0.25) is 0 Å². The Morgan fingerprint density at radius 3 is 2.55 bits per heavy atom. The normalized spacial score (nSPS) is 11.9. The molecule has 0 aliphatic heterocycles. The van der Waals surface area contributed by atoms with Crippen LogP contribution in [0.2, 0.25) is 0 Å². The van der Waals surface area contributed by atoms with Crippen molar-refractivity contribution >= 4 is 17.7 Å². The molecule has 0 radical (unpaired) electrons. The van der Waals surface area contributed by atoms with Gasteiger partial charge in [-0.1, -0.05) is 47.7 Å². The highest BCUT2D eigenvalue weighted by molar-refractivity contribution is 6.57. The molecule has 0 aliphatic rings. The molecule has 102 valence electrons. The second-order valence-electron chi connectivity index (χ2n) is 4.56. The van der Waals surface area contributed by atoms with E-state index in [4.69, 9.17) is 0 Å². The first-order chi connectivity index (χ1) is 9.53. The van der Waals surface area contributed by atoms with Crippen LogP contribution in [0.3, 0.4) is 0 Å². The van der Waals surface area contributed by atoms with Crippen molar-refractivity contribution in [1.29, 1.82) is 0 Å². The average molecular weight is 276 g/mol. The Morgan fingerprint density at radius 1 is 1.00 bits per heavy atom. The molecule has 7 heteroatoms. The number of hydrogen-bond acceptors (Lipinski definition) is 2. The molecule has 0 aliphatic carbocycles. The van der Waals surface area contributed by atoms with Crippen LogP contribution in [0.15, 0.2) is 48.7 Å². The van der Waals surface area contributed by atoms with Gasteiger partial charge < -0.3 is 12.9 Å². The molecule has 0 spiro atoms. The molecule has 0 amide bonds. The highest BCUT2D eigenvalue weighted by atomic mass is 19.4. The Labute approximate surface area is 113 Å². The molecule has 0 unspecified atom stereocenters. The van der Waals surface area contributed by atoms with Gasteiger partial charge in [-0.2, -0.15) is 0 Å². The van der Waals surface area contributed by atoms with Gasteiger partial charge in [0.05, 0.1) is 0 Å². The second-order valence-corrected chi connectivity index (χ2v) is 4.56. The summed E-state index contributed by atoms with van der Waals surface area (Å²) in [6, 6.07) is 13.3. The van der Waals surface area contributed by atoms with Gasteiger partial charge in [0, 0.05) is 18.2 Å². The molecule has 1 aromatic heterocycles. The van der Waals surface area contributed by atoms with E-state index in [0.717, 1.165) is 21.0 Å². The molecule has 0 saturated heterocycles. The van der Waals surface area contributed by atoms with E-state index < -0.39 is 13.4 Å². The van der Waals surface area contributed by atoms with Gasteiger partial charge in [-0.25, -0.2) is 0 Å². The zero-order valence-corrected chi connectivity index (χ0v) is 10.4. The standard InChI is InChI=1S/C13H10BF3N3/c15-14(16,17)9-20-8-13(18-19-20)12-7-3-5-10-4-1-2-6-11(10)12/h1-8H,9H2/q-1. The number of benzene rings is 2. The van der Waals surface area contributed by atoms with Crippen molar-refractivity contribution in [3.63, 3.8) is 0 Å². The lowest BCUT2D eigenvalue weighted by atomic mass is 9.93. The minimum Gasteiger partial charge on any atom is -0.448 e. The van der Waals surface area contributed by atoms with Crippen LogP contribution in [0.5, 0.6) is 0 Å². The number of hydrogen-bond donors (Lipinski definition) is 0. The Hall–Kier alpha value is -2.31. The fraction of sp³-hybridized carbons (Fsp3) is 0.0769. The van der Waals surface area contributed by atoms with E-state index in [-0.39, 0.29) is 0 Å². The Balaban J connectivity index is 2.04. The molecular formula is C13H10BF3N3-. The second kappa shape index (κ2) is 4.66. The third-order valence-electron chi connectivity index (χ3n) is 3.00. The minimum absolute atomic E-state index is 0.446. The number of halogens is 3. The fourth-order valence-corrected chi connectivity index (χ4v) is 2.17. The minimum atomic E-state index is -4.92. The van der Waals surface area contributed by atoms with E-state index in [1.165, 1.54) is 6.20 Å². The van der Waals surface area contributed by atoms with E-state index in [1.807, 2.05) is 42.5 Å². The Morgan fingerprint density at radius 2 is 1.75 bits per heavy atom. The van der Waals surface area contributed by atoms with Crippen LogP contribution in [0.25, 0.3) is 22.0 Å². The molecule has 2 aromatic carbocycles. The molecule has 3 rings (SSSR count). The van der Waals surface area contributed by atoms with E-state index in [0.29, 0.717) is 5.69 Å². The van der Waals surface area contributed by atoms with Crippen LogP contribution in [0, 0.1) is 0 Å².